The lowest BCUT2D eigenvalue weighted by Crippen LogP contribution is -2.39. The number of carbonyl (C=O) groups excluding carboxylic acids is 2. The van der Waals surface area contributed by atoms with E-state index in [0.29, 0.717) is 49.6 Å². The average Bonchev–Trinajstić information content (AvgIpc) is 2.86. The number of aryl methyl sites for hydroxylation is 3. The smallest absolute Gasteiger partial charge is 0.348 e. The summed E-state index contributed by atoms with van der Waals surface area (Å²) in [4.78, 5) is 36.4. The van der Waals surface area contributed by atoms with Gasteiger partial charge in [0.15, 0.2) is 0 Å². The second-order valence-corrected chi connectivity index (χ2v) is 9.88. The van der Waals surface area contributed by atoms with E-state index in [1.165, 1.54) is 18.2 Å². The minimum Gasteiger partial charge on any atom is -0.348 e. The Morgan fingerprint density at radius 2 is 1.68 bits per heavy atom. The van der Waals surface area contributed by atoms with Crippen molar-refractivity contribution in [3.8, 4) is 0 Å². The molecular weight excluding hydrogens is 493 g/mol. The number of likely N-dealkylation sites (tertiary alicyclic amines) is 1. The molecule has 2 heterocycles. The van der Waals surface area contributed by atoms with Crippen LogP contribution in [0.5, 0.6) is 0 Å². The van der Waals surface area contributed by atoms with Crippen molar-refractivity contribution < 1.29 is 22.8 Å². The number of rotatable bonds is 6. The van der Waals surface area contributed by atoms with Crippen LogP contribution in [-0.4, -0.2) is 39.8 Å². The molecular formula is C29H31F3N4O2. The number of hydrogen-bond donors (Lipinski definition) is 1. The molecule has 9 heteroatoms. The highest BCUT2D eigenvalue weighted by Crippen LogP contribution is 2.33. The predicted molar refractivity (Wildman–Crippen MR) is 138 cm³/mol. The summed E-state index contributed by atoms with van der Waals surface area (Å²) in [7, 11) is 0. The molecule has 0 bridgehead atoms. The summed E-state index contributed by atoms with van der Waals surface area (Å²) < 4.78 is 40.0. The highest BCUT2D eigenvalue weighted by molar-refractivity contribution is 5.95. The molecule has 1 saturated heterocycles. The predicted octanol–water partition coefficient (Wildman–Crippen LogP) is 5.30. The van der Waals surface area contributed by atoms with Gasteiger partial charge in [0.05, 0.1) is 23.2 Å². The number of nitrogens with zero attached hydrogens (tertiary/aromatic N) is 3. The summed E-state index contributed by atoms with van der Waals surface area (Å²) >= 11 is 0. The molecule has 200 valence electrons. The van der Waals surface area contributed by atoms with E-state index in [-0.39, 0.29) is 29.7 Å². The van der Waals surface area contributed by atoms with E-state index >= 15 is 0 Å². The fourth-order valence-corrected chi connectivity index (χ4v) is 5.05. The zero-order chi connectivity index (χ0) is 27.4. The molecule has 2 aromatic carbocycles. The molecule has 0 aliphatic carbocycles. The Morgan fingerprint density at radius 1 is 1.03 bits per heavy atom. The van der Waals surface area contributed by atoms with Crippen LogP contribution in [-0.2, 0) is 23.9 Å². The fraction of sp³-hybridized carbons (Fsp3) is 0.379. The van der Waals surface area contributed by atoms with Gasteiger partial charge in [-0.05, 0) is 50.8 Å². The number of alkyl halides is 3. The Balaban J connectivity index is 1.42. The molecule has 1 fully saturated rings. The summed E-state index contributed by atoms with van der Waals surface area (Å²) in [6.07, 6.45) is -2.16. The molecule has 1 aliphatic rings. The van der Waals surface area contributed by atoms with Crippen molar-refractivity contribution >= 4 is 11.8 Å². The lowest BCUT2D eigenvalue weighted by Gasteiger charge is -2.32. The van der Waals surface area contributed by atoms with Gasteiger partial charge in [0, 0.05) is 31.7 Å². The normalized spacial score (nSPS) is 14.4. The van der Waals surface area contributed by atoms with E-state index in [4.69, 9.17) is 0 Å². The van der Waals surface area contributed by atoms with E-state index in [0.717, 1.165) is 22.8 Å². The zero-order valence-electron chi connectivity index (χ0n) is 21.7. The van der Waals surface area contributed by atoms with Crippen LogP contribution in [0.3, 0.4) is 0 Å². The van der Waals surface area contributed by atoms with Crippen LogP contribution in [0.2, 0.25) is 0 Å². The molecule has 1 aliphatic heterocycles. The first-order valence-corrected chi connectivity index (χ1v) is 12.6. The van der Waals surface area contributed by atoms with Crippen molar-refractivity contribution in [3.05, 3.63) is 93.6 Å². The Labute approximate surface area is 220 Å². The molecule has 6 nitrogen and oxygen atoms in total. The lowest BCUT2D eigenvalue weighted by molar-refractivity contribution is -0.138. The van der Waals surface area contributed by atoms with Crippen LogP contribution < -0.4 is 5.32 Å². The molecule has 0 radical (unpaired) electrons. The third-order valence-electron chi connectivity index (χ3n) is 6.82. The minimum absolute atomic E-state index is 0.0266. The number of benzene rings is 2. The Hall–Kier alpha value is -3.75. The van der Waals surface area contributed by atoms with Gasteiger partial charge in [-0.25, -0.2) is 9.97 Å². The molecule has 0 atom stereocenters. The Bertz CT molecular complexity index is 1310. The van der Waals surface area contributed by atoms with Gasteiger partial charge in [-0.1, -0.05) is 47.5 Å². The van der Waals surface area contributed by atoms with E-state index in [9.17, 15) is 22.8 Å². The van der Waals surface area contributed by atoms with Crippen LogP contribution in [0.1, 0.15) is 68.5 Å². The van der Waals surface area contributed by atoms with Crippen molar-refractivity contribution in [2.75, 3.05) is 13.1 Å². The average molecular weight is 525 g/mol. The molecule has 0 saturated carbocycles. The first-order chi connectivity index (χ1) is 18.0. The Kier molecular flexibility index (Phi) is 8.14. The van der Waals surface area contributed by atoms with Crippen LogP contribution in [0, 0.1) is 20.8 Å². The number of piperidine rings is 1. The van der Waals surface area contributed by atoms with E-state index in [2.05, 4.69) is 21.4 Å². The number of aromatic nitrogens is 2. The van der Waals surface area contributed by atoms with Gasteiger partial charge >= 0.3 is 6.18 Å². The fourth-order valence-electron chi connectivity index (χ4n) is 5.05. The van der Waals surface area contributed by atoms with Gasteiger partial charge in [-0.3, -0.25) is 9.59 Å². The van der Waals surface area contributed by atoms with E-state index in [1.54, 1.807) is 18.0 Å². The van der Waals surface area contributed by atoms with Gasteiger partial charge in [0.1, 0.15) is 5.82 Å². The minimum atomic E-state index is -4.51. The van der Waals surface area contributed by atoms with E-state index in [1.807, 2.05) is 26.0 Å². The lowest BCUT2D eigenvalue weighted by atomic mass is 9.90. The standard InChI is InChI=1S/C29H31F3N4O2/c1-18-12-19(2)14-21(13-18)16-34-28(38)24-17-33-20(3)35-27(24)22-8-10-36(11-9-22)26(37)15-23-6-4-5-7-25(23)29(30,31)32/h4-7,12-14,17,22H,8-11,15-16H2,1-3H3,(H,34,38). The number of halogens is 3. The van der Waals surface area contributed by atoms with Crippen molar-refractivity contribution in [1.29, 1.82) is 0 Å². The maximum atomic E-state index is 13.3. The molecule has 4 rings (SSSR count). The maximum Gasteiger partial charge on any atom is 0.416 e. The van der Waals surface area contributed by atoms with E-state index < -0.39 is 11.7 Å². The van der Waals surface area contributed by atoms with Gasteiger partial charge < -0.3 is 10.2 Å². The number of carbonyl (C=O) groups is 2. The number of nitrogens with one attached hydrogen (secondary N) is 1. The largest absolute Gasteiger partial charge is 0.416 e. The molecule has 1 aromatic heterocycles. The SMILES string of the molecule is Cc1cc(C)cc(CNC(=O)c2cnc(C)nc2C2CCN(C(=O)Cc3ccccc3C(F)(F)F)CC2)c1. The molecule has 3 aromatic rings. The second-order valence-electron chi connectivity index (χ2n) is 9.88. The van der Waals surface area contributed by atoms with Crippen LogP contribution in [0.4, 0.5) is 13.2 Å². The van der Waals surface area contributed by atoms with Crippen LogP contribution in [0.15, 0.2) is 48.7 Å². The molecule has 0 unspecified atom stereocenters. The summed E-state index contributed by atoms with van der Waals surface area (Å²) in [5.74, 6) is -0.120. The van der Waals surface area contributed by atoms with Gasteiger partial charge in [0.25, 0.3) is 5.91 Å². The Morgan fingerprint density at radius 3 is 2.34 bits per heavy atom. The number of amides is 2. The van der Waals surface area contributed by atoms with Gasteiger partial charge in [0.2, 0.25) is 5.91 Å². The highest BCUT2D eigenvalue weighted by Gasteiger charge is 2.34. The summed E-state index contributed by atoms with van der Waals surface area (Å²) in [6.45, 7) is 6.92. The van der Waals surface area contributed by atoms with Gasteiger partial charge in [-0.15, -0.1) is 0 Å². The quantitative estimate of drug-likeness (QED) is 0.475. The summed E-state index contributed by atoms with van der Waals surface area (Å²) in [5.41, 5.74) is 3.49. The first kappa shape index (κ1) is 27.3. The summed E-state index contributed by atoms with van der Waals surface area (Å²) in [6, 6.07) is 11.3. The summed E-state index contributed by atoms with van der Waals surface area (Å²) in [5, 5.41) is 2.97. The first-order valence-electron chi connectivity index (χ1n) is 12.6. The zero-order valence-corrected chi connectivity index (χ0v) is 21.7. The van der Waals surface area contributed by atoms with Gasteiger partial charge in [-0.2, -0.15) is 13.2 Å². The molecule has 38 heavy (non-hydrogen) atoms. The number of hydrogen-bond acceptors (Lipinski definition) is 4. The second kappa shape index (κ2) is 11.3. The topological polar surface area (TPSA) is 75.2 Å². The monoisotopic (exact) mass is 524 g/mol. The molecule has 0 spiro atoms. The van der Waals surface area contributed by atoms with Crippen molar-refractivity contribution in [2.24, 2.45) is 0 Å². The third kappa shape index (κ3) is 6.57. The molecule has 1 N–H and O–H groups in total. The van der Waals surface area contributed by atoms with Crippen molar-refractivity contribution in [2.45, 2.75) is 58.7 Å². The highest BCUT2D eigenvalue weighted by atomic mass is 19.4. The molecule has 2 amide bonds. The van der Waals surface area contributed by atoms with Crippen molar-refractivity contribution in [3.63, 3.8) is 0 Å². The van der Waals surface area contributed by atoms with Crippen molar-refractivity contribution in [1.82, 2.24) is 20.2 Å². The van der Waals surface area contributed by atoms with Crippen LogP contribution in [0.25, 0.3) is 0 Å². The third-order valence-corrected chi connectivity index (χ3v) is 6.82. The van der Waals surface area contributed by atoms with Crippen LogP contribution >= 0.6 is 0 Å². The maximum absolute atomic E-state index is 13.3.